The van der Waals surface area contributed by atoms with E-state index in [1.165, 1.54) is 31.4 Å². The van der Waals surface area contributed by atoms with E-state index in [1.54, 1.807) is 53.7 Å². The van der Waals surface area contributed by atoms with Crippen molar-refractivity contribution in [2.75, 3.05) is 24.6 Å². The summed E-state index contributed by atoms with van der Waals surface area (Å²) in [5.41, 5.74) is 0. The topological polar surface area (TPSA) is 0 Å². The van der Waals surface area contributed by atoms with Crippen molar-refractivity contribution in [1.29, 1.82) is 0 Å². The molecule has 10 heterocycles. The third-order valence-electron chi connectivity index (χ3n) is 23.2. The molecule has 25 heavy (non-hydrogen) atoms. The van der Waals surface area contributed by atoms with Crippen molar-refractivity contribution < 1.29 is 11.4 Å². The van der Waals surface area contributed by atoms with Crippen molar-refractivity contribution in [3.8, 4) is 0 Å². The van der Waals surface area contributed by atoms with Crippen LogP contribution in [-0.4, -0.2) is 30.4 Å². The second kappa shape index (κ2) is 1.68. The van der Waals surface area contributed by atoms with Crippen LogP contribution in [0.5, 0.6) is 0 Å². The fraction of sp³-hybridized carbons (Fsp3) is 1.00. The maximum absolute atomic E-state index is 3.67. The van der Waals surface area contributed by atoms with E-state index in [1.807, 2.05) is 0 Å². The minimum absolute atomic E-state index is 0.451. The molecule has 10 rings (SSSR count). The summed E-state index contributed by atoms with van der Waals surface area (Å²) in [5, 5.41) is 0. The summed E-state index contributed by atoms with van der Waals surface area (Å²) >= 11 is -3.67. The molecule has 0 radical (unpaired) electrons. The zero-order chi connectivity index (χ0) is 16.7. The van der Waals surface area contributed by atoms with Crippen LogP contribution in [0.3, 0.4) is 0 Å². The van der Waals surface area contributed by atoms with Crippen LogP contribution in [0.4, 0.5) is 0 Å². The average molecular weight is 454 g/mol. The summed E-state index contributed by atoms with van der Waals surface area (Å²) in [5.74, 6) is 0. The van der Waals surface area contributed by atoms with E-state index in [4.69, 9.17) is 0 Å². The molecule has 10 aliphatic rings. The molecule has 10 aliphatic heterocycles. The minimum atomic E-state index is -3.67. The van der Waals surface area contributed by atoms with Gasteiger partial charge in [-0.25, -0.2) is 0 Å². The van der Waals surface area contributed by atoms with E-state index in [2.05, 4.69) is 27.7 Å². The first-order chi connectivity index (χ1) is 12.0. The molecule has 0 bridgehead atoms. The van der Waals surface area contributed by atoms with Gasteiger partial charge in [0.15, 0.2) is 0 Å². The van der Waals surface area contributed by atoms with E-state index in [0.717, 1.165) is 0 Å². The van der Waals surface area contributed by atoms with Crippen LogP contribution in [0.15, 0.2) is 0 Å². The predicted molar refractivity (Wildman–Crippen MR) is 110 cm³/mol. The Bertz CT molecular complexity index is 1020. The summed E-state index contributed by atoms with van der Waals surface area (Å²) in [6.45, 7) is 10.1. The summed E-state index contributed by atoms with van der Waals surface area (Å²) in [6.07, 6.45) is 13.0. The number of fused-ring (bicyclic) bond motifs is 10. The van der Waals surface area contributed by atoms with Gasteiger partial charge in [-0.2, -0.15) is 0 Å². The fourth-order valence-corrected chi connectivity index (χ4v) is 318. The van der Waals surface area contributed by atoms with Crippen LogP contribution in [-0.2, 0) is 11.4 Å². The second-order valence-corrected chi connectivity index (χ2v) is 75.8. The molecular formula is C22H36P2Zr. The second-order valence-electron chi connectivity index (χ2n) is 16.7. The van der Waals surface area contributed by atoms with Crippen molar-refractivity contribution in [2.24, 2.45) is 0 Å². The van der Waals surface area contributed by atoms with Gasteiger partial charge in [0.2, 0.25) is 0 Å². The van der Waals surface area contributed by atoms with Gasteiger partial charge in [-0.1, -0.05) is 0 Å². The molecule has 0 aromatic rings. The van der Waals surface area contributed by atoms with Gasteiger partial charge in [0, 0.05) is 0 Å². The molecule has 10 saturated heterocycles. The molecule has 4 unspecified atom stereocenters. The van der Waals surface area contributed by atoms with Gasteiger partial charge in [-0.15, -0.1) is 0 Å². The van der Waals surface area contributed by atoms with Crippen LogP contribution >= 0.6 is 15.8 Å². The molecule has 138 valence electrons. The van der Waals surface area contributed by atoms with Crippen LogP contribution in [0.2, 0.25) is 29.0 Å². The third-order valence-corrected chi connectivity index (χ3v) is 144. The Labute approximate surface area is 139 Å². The molecule has 0 amide bonds. The van der Waals surface area contributed by atoms with Gasteiger partial charge in [-0.05, 0) is 0 Å². The quantitative estimate of drug-likeness (QED) is 0.296. The van der Waals surface area contributed by atoms with E-state index in [0.29, 0.717) is 15.8 Å². The van der Waals surface area contributed by atoms with Crippen LogP contribution in [0.25, 0.3) is 0 Å². The Balaban J connectivity index is 1.32. The SMILES string of the molecule is CCCP(CCC)[C]12[CH]3[CH]4[CH]5[C]1(P(CCC)CCC)[Zr]43521678[CH]2[CH]1[CH]6[CH]7[CH]28. The van der Waals surface area contributed by atoms with Gasteiger partial charge in [0.05, 0.1) is 0 Å². The molecule has 1 spiro atoms. The monoisotopic (exact) mass is 452 g/mol. The summed E-state index contributed by atoms with van der Waals surface area (Å²) in [7, 11) is 0.901. The molecule has 10 fully saturated rings. The first-order valence-corrected chi connectivity index (χ1v) is 29.7. The Morgan fingerprint density at radius 3 is 1.08 bits per heavy atom. The molecule has 0 aliphatic carbocycles. The van der Waals surface area contributed by atoms with E-state index in [9.17, 15) is 0 Å². The Hall–Kier alpha value is 1.74. The standard InChI is InChI=1S/C17H31P2.C5H5.Zr/c1-5-12-18(13-6-2)16-10-9-11-17(16)19(14-7-3)15-8-4;1-2-4-5-3-1;/h9-11H,5-8,12-15H2,1-4H3;1-5H;. The van der Waals surface area contributed by atoms with Crippen LogP contribution < -0.4 is 0 Å². The van der Waals surface area contributed by atoms with Crippen molar-refractivity contribution >= 4 is 15.8 Å². The van der Waals surface area contributed by atoms with Crippen molar-refractivity contribution in [3.05, 3.63) is 0 Å². The van der Waals surface area contributed by atoms with E-state index >= 15 is 0 Å². The Kier molecular flexibility index (Phi) is 0.934. The number of hydrogen-bond acceptors (Lipinski definition) is 0. The summed E-state index contributed by atoms with van der Waals surface area (Å²) in [4.78, 5) is 0. The summed E-state index contributed by atoms with van der Waals surface area (Å²) < 4.78 is 15.1. The number of hydrogen-bond donors (Lipinski definition) is 0. The zero-order valence-electron chi connectivity index (χ0n) is 16.7. The predicted octanol–water partition coefficient (Wildman–Crippen LogP) is 7.79. The van der Waals surface area contributed by atoms with Crippen molar-refractivity contribution in [1.82, 2.24) is 0 Å². The van der Waals surface area contributed by atoms with Crippen molar-refractivity contribution in [3.63, 3.8) is 0 Å². The van der Waals surface area contributed by atoms with Gasteiger partial charge in [0.1, 0.15) is 0 Å². The molecule has 0 nitrogen and oxygen atoms in total. The maximum atomic E-state index is 2.53. The molecule has 0 aromatic carbocycles. The molecule has 0 aromatic heterocycles. The van der Waals surface area contributed by atoms with E-state index < -0.39 is 11.4 Å². The van der Waals surface area contributed by atoms with Gasteiger partial charge < -0.3 is 0 Å². The van der Waals surface area contributed by atoms with E-state index in [-0.39, 0.29) is 0 Å². The molecule has 0 N–H and O–H groups in total. The molecule has 4 atom stereocenters. The van der Waals surface area contributed by atoms with Crippen molar-refractivity contribution in [2.45, 2.75) is 88.1 Å². The third kappa shape index (κ3) is 0.227. The fourth-order valence-electron chi connectivity index (χ4n) is 28.2. The molecular weight excluding hydrogens is 417 g/mol. The molecule has 0 saturated carbocycles. The zero-order valence-corrected chi connectivity index (χ0v) is 20.9. The summed E-state index contributed by atoms with van der Waals surface area (Å²) in [6, 6.07) is 0. The molecule has 3 heteroatoms. The average Bonchev–Trinajstić information content (AvgIpc) is 3.54. The van der Waals surface area contributed by atoms with Gasteiger partial charge >= 0.3 is 140 Å². The first-order valence-electron chi connectivity index (χ1n) is 12.5. The first kappa shape index (κ1) is 13.9. The van der Waals surface area contributed by atoms with Crippen LogP contribution in [0, 0.1) is 0 Å². The van der Waals surface area contributed by atoms with Crippen LogP contribution in [0.1, 0.15) is 53.4 Å². The van der Waals surface area contributed by atoms with Gasteiger partial charge in [-0.3, -0.25) is 0 Å². The number of rotatable bonds is 10. The Morgan fingerprint density at radius 2 is 0.880 bits per heavy atom. The Morgan fingerprint density at radius 1 is 0.560 bits per heavy atom. The van der Waals surface area contributed by atoms with Gasteiger partial charge in [0.25, 0.3) is 0 Å². The normalized spacial score (nSPS) is 88.4.